The number of thioether (sulfide) groups is 1. The van der Waals surface area contributed by atoms with Gasteiger partial charge in [-0.3, -0.25) is 4.79 Å². The van der Waals surface area contributed by atoms with Crippen molar-refractivity contribution in [3.63, 3.8) is 0 Å². The summed E-state index contributed by atoms with van der Waals surface area (Å²) in [5.74, 6) is 2.26. The maximum absolute atomic E-state index is 12.2. The maximum Gasteiger partial charge on any atom is 0.256 e. The van der Waals surface area contributed by atoms with Gasteiger partial charge in [0.2, 0.25) is 5.91 Å². The Morgan fingerprint density at radius 2 is 2.23 bits per heavy atom. The normalized spacial score (nSPS) is 25.9. The molecule has 2 aliphatic rings. The molecule has 1 fully saturated rings. The summed E-state index contributed by atoms with van der Waals surface area (Å²) in [5.41, 5.74) is 1.69. The van der Waals surface area contributed by atoms with E-state index >= 15 is 0 Å². The Morgan fingerprint density at radius 1 is 1.32 bits per heavy atom. The summed E-state index contributed by atoms with van der Waals surface area (Å²) in [6.45, 7) is 0.653. The number of para-hydroxylation sites is 2. The Labute approximate surface area is 133 Å². The van der Waals surface area contributed by atoms with Gasteiger partial charge < -0.3 is 9.73 Å². The van der Waals surface area contributed by atoms with Gasteiger partial charge >= 0.3 is 0 Å². The van der Waals surface area contributed by atoms with Gasteiger partial charge in [0, 0.05) is 18.2 Å². The zero-order chi connectivity index (χ0) is 14.9. The van der Waals surface area contributed by atoms with Crippen molar-refractivity contribution in [3.05, 3.63) is 36.4 Å². The average molecular weight is 314 g/mol. The highest BCUT2D eigenvalue weighted by molar-refractivity contribution is 7.99. The van der Waals surface area contributed by atoms with E-state index in [1.54, 1.807) is 0 Å². The number of benzene rings is 1. The average Bonchev–Trinajstić information content (AvgIpc) is 3.25. The molecule has 0 unspecified atom stereocenters. The lowest BCUT2D eigenvalue weighted by molar-refractivity contribution is -0.125. The molecule has 2 aliphatic carbocycles. The van der Waals surface area contributed by atoms with E-state index in [4.69, 9.17) is 4.42 Å². The molecular formula is C17H18N2O2S. The minimum absolute atomic E-state index is 0.185. The van der Waals surface area contributed by atoms with E-state index in [1.807, 2.05) is 24.3 Å². The van der Waals surface area contributed by atoms with Crippen molar-refractivity contribution in [2.45, 2.75) is 18.1 Å². The topological polar surface area (TPSA) is 55.1 Å². The van der Waals surface area contributed by atoms with Crippen molar-refractivity contribution in [1.29, 1.82) is 0 Å². The van der Waals surface area contributed by atoms with Crippen molar-refractivity contribution >= 4 is 28.8 Å². The Kier molecular flexibility index (Phi) is 3.66. The molecule has 2 aromatic rings. The monoisotopic (exact) mass is 314 g/mol. The predicted octanol–water partition coefficient (Wildman–Crippen LogP) is 3.25. The molecule has 0 spiro atoms. The van der Waals surface area contributed by atoms with E-state index in [9.17, 15) is 4.79 Å². The predicted molar refractivity (Wildman–Crippen MR) is 86.6 cm³/mol. The summed E-state index contributed by atoms with van der Waals surface area (Å²) in [7, 11) is 0. The molecule has 1 N–H and O–H groups in total. The second-order valence-electron chi connectivity index (χ2n) is 5.97. The Bertz CT molecular complexity index is 691. The number of nitrogens with zero attached hydrogens (tertiary/aromatic N) is 1. The van der Waals surface area contributed by atoms with E-state index in [-0.39, 0.29) is 11.8 Å². The van der Waals surface area contributed by atoms with Crippen LogP contribution in [-0.4, -0.2) is 23.2 Å². The van der Waals surface area contributed by atoms with Crippen LogP contribution in [0.3, 0.4) is 0 Å². The Morgan fingerprint density at radius 3 is 3.00 bits per heavy atom. The minimum Gasteiger partial charge on any atom is -0.431 e. The summed E-state index contributed by atoms with van der Waals surface area (Å²) in [5, 5.41) is 3.72. The van der Waals surface area contributed by atoms with Crippen molar-refractivity contribution in [3.8, 4) is 0 Å². The molecule has 1 amide bonds. The van der Waals surface area contributed by atoms with Gasteiger partial charge in [-0.15, -0.1) is 0 Å². The third-order valence-corrected chi connectivity index (χ3v) is 5.35. The zero-order valence-corrected chi connectivity index (χ0v) is 13.0. The second kappa shape index (κ2) is 5.80. The minimum atomic E-state index is 0.185. The highest BCUT2D eigenvalue weighted by Crippen LogP contribution is 2.43. The van der Waals surface area contributed by atoms with Crippen molar-refractivity contribution in [2.24, 2.45) is 17.8 Å². The first-order valence-corrected chi connectivity index (χ1v) is 8.72. The highest BCUT2D eigenvalue weighted by Gasteiger charge is 2.39. The fraction of sp³-hybridized carbons (Fsp3) is 0.412. The number of carbonyl (C=O) groups is 1. The van der Waals surface area contributed by atoms with Gasteiger partial charge in [-0.05, 0) is 36.8 Å². The molecule has 2 bridgehead atoms. The molecule has 1 saturated carbocycles. The lowest BCUT2D eigenvalue weighted by Crippen LogP contribution is -2.34. The summed E-state index contributed by atoms with van der Waals surface area (Å²) in [6.07, 6.45) is 6.66. The molecule has 114 valence electrons. The summed E-state index contributed by atoms with van der Waals surface area (Å²) in [6, 6.07) is 7.74. The van der Waals surface area contributed by atoms with E-state index in [1.165, 1.54) is 11.8 Å². The molecule has 5 heteroatoms. The van der Waals surface area contributed by atoms with Crippen LogP contribution in [0.15, 0.2) is 46.1 Å². The standard InChI is InChI=1S/C17H18N2O2S/c20-16(13-10-11-5-6-12(13)9-11)18-7-8-22-17-19-14-3-1-2-4-15(14)21-17/h1-6,11-13H,7-10H2,(H,18,20)/t11-,12+,13-/m1/s1. The SMILES string of the molecule is O=C(NCCSc1nc2ccccc2o1)[C@@H]1C[C@@H]2C=C[C@H]1C2. The molecule has 4 nitrogen and oxygen atoms in total. The number of carbonyl (C=O) groups excluding carboxylic acids is 1. The lowest BCUT2D eigenvalue weighted by atomic mass is 9.93. The summed E-state index contributed by atoms with van der Waals surface area (Å²) >= 11 is 1.54. The smallest absolute Gasteiger partial charge is 0.256 e. The van der Waals surface area contributed by atoms with Gasteiger partial charge in [0.25, 0.3) is 5.22 Å². The van der Waals surface area contributed by atoms with Crippen LogP contribution in [0.5, 0.6) is 0 Å². The van der Waals surface area contributed by atoms with Crippen molar-refractivity contribution < 1.29 is 9.21 Å². The molecule has 0 saturated heterocycles. The van der Waals surface area contributed by atoms with E-state index in [2.05, 4.69) is 22.5 Å². The maximum atomic E-state index is 12.2. The van der Waals surface area contributed by atoms with Crippen molar-refractivity contribution in [2.75, 3.05) is 12.3 Å². The number of nitrogens with one attached hydrogen (secondary N) is 1. The van der Waals surface area contributed by atoms with Gasteiger partial charge in [0.15, 0.2) is 5.58 Å². The van der Waals surface area contributed by atoms with Crippen LogP contribution in [0.1, 0.15) is 12.8 Å². The first-order valence-electron chi connectivity index (χ1n) is 7.74. The molecule has 1 heterocycles. The van der Waals surface area contributed by atoms with Gasteiger partial charge in [0.05, 0.1) is 0 Å². The largest absolute Gasteiger partial charge is 0.431 e. The van der Waals surface area contributed by atoms with Gasteiger partial charge in [-0.25, -0.2) is 4.98 Å². The molecule has 22 heavy (non-hydrogen) atoms. The molecular weight excluding hydrogens is 296 g/mol. The highest BCUT2D eigenvalue weighted by atomic mass is 32.2. The first kappa shape index (κ1) is 13.9. The molecule has 3 atom stereocenters. The van der Waals surface area contributed by atoms with Crippen LogP contribution >= 0.6 is 11.8 Å². The second-order valence-corrected chi connectivity index (χ2v) is 7.02. The summed E-state index contributed by atoms with van der Waals surface area (Å²) < 4.78 is 5.65. The number of rotatable bonds is 5. The number of aromatic nitrogens is 1. The lowest BCUT2D eigenvalue weighted by Gasteiger charge is -2.17. The third kappa shape index (κ3) is 2.65. The summed E-state index contributed by atoms with van der Waals surface area (Å²) in [4.78, 5) is 16.6. The van der Waals surface area contributed by atoms with E-state index < -0.39 is 0 Å². The number of hydrogen-bond donors (Lipinski definition) is 1. The van der Waals surface area contributed by atoms with E-state index in [0.717, 1.165) is 29.7 Å². The molecule has 0 radical (unpaired) electrons. The number of oxazole rings is 1. The van der Waals surface area contributed by atoms with Crippen molar-refractivity contribution in [1.82, 2.24) is 10.3 Å². The van der Waals surface area contributed by atoms with Crippen LogP contribution in [0.4, 0.5) is 0 Å². The zero-order valence-electron chi connectivity index (χ0n) is 12.2. The fourth-order valence-electron chi connectivity index (χ4n) is 3.44. The van der Waals surface area contributed by atoms with Gasteiger partial charge in [-0.1, -0.05) is 36.0 Å². The van der Waals surface area contributed by atoms with Crippen LogP contribution in [0.2, 0.25) is 0 Å². The number of allylic oxidation sites excluding steroid dienone is 2. The van der Waals surface area contributed by atoms with Crippen LogP contribution in [-0.2, 0) is 4.79 Å². The first-order chi connectivity index (χ1) is 10.8. The molecule has 4 rings (SSSR count). The van der Waals surface area contributed by atoms with Crippen LogP contribution < -0.4 is 5.32 Å². The fourth-order valence-corrected chi connectivity index (χ4v) is 4.13. The van der Waals surface area contributed by atoms with Gasteiger partial charge in [-0.2, -0.15) is 0 Å². The number of hydrogen-bond acceptors (Lipinski definition) is 4. The number of fused-ring (bicyclic) bond motifs is 3. The van der Waals surface area contributed by atoms with E-state index in [0.29, 0.717) is 23.6 Å². The quantitative estimate of drug-likeness (QED) is 0.523. The molecule has 0 aliphatic heterocycles. The van der Waals surface area contributed by atoms with Gasteiger partial charge in [0.1, 0.15) is 5.52 Å². The third-order valence-electron chi connectivity index (χ3n) is 4.52. The molecule has 1 aromatic carbocycles. The van der Waals surface area contributed by atoms with Crippen LogP contribution in [0, 0.1) is 17.8 Å². The molecule has 1 aromatic heterocycles. The van der Waals surface area contributed by atoms with Crippen LogP contribution in [0.25, 0.3) is 11.1 Å². The Balaban J connectivity index is 1.25. The Hall–Kier alpha value is -1.75. The number of amides is 1.